The Morgan fingerprint density at radius 1 is 1.83 bits per heavy atom. The van der Waals surface area contributed by atoms with Gasteiger partial charge >= 0.3 is 5.97 Å². The van der Waals surface area contributed by atoms with Crippen LogP contribution >= 0.6 is 22.6 Å². The fourth-order valence-corrected chi connectivity index (χ4v) is 0.924. The van der Waals surface area contributed by atoms with E-state index in [9.17, 15) is 4.79 Å². The molecule has 1 heterocycles. The first-order valence-corrected chi connectivity index (χ1v) is 4.33. The molecule has 0 spiro atoms. The number of hydrogen-bond donors (Lipinski definition) is 0. The first kappa shape index (κ1) is 9.24. The zero-order chi connectivity index (χ0) is 8.97. The van der Waals surface area contributed by atoms with Crippen LogP contribution in [0.3, 0.4) is 0 Å². The molecule has 5 heteroatoms. The number of carbonyl (C=O) groups is 1. The lowest BCUT2D eigenvalue weighted by Gasteiger charge is -1.88. The van der Waals surface area contributed by atoms with Gasteiger partial charge in [0.25, 0.3) is 0 Å². The Bertz CT molecular complexity index is 305. The summed E-state index contributed by atoms with van der Waals surface area (Å²) in [7, 11) is 1.30. The molecule has 1 rings (SSSR count). The molecule has 1 aromatic rings. The summed E-state index contributed by atoms with van der Waals surface area (Å²) in [6, 6.07) is 0. The van der Waals surface area contributed by atoms with E-state index in [4.69, 9.17) is 4.42 Å². The predicted octanol–water partition coefficient (Wildman–Crippen LogP) is 1.87. The minimum absolute atomic E-state index is 0.182. The maximum Gasteiger partial charge on any atom is 0.360 e. The van der Waals surface area contributed by atoms with Crippen LogP contribution in [0.5, 0.6) is 0 Å². The van der Waals surface area contributed by atoms with Gasteiger partial charge in [-0.05, 0) is 4.08 Å². The molecular formula is C7H6INO3. The molecule has 0 amide bonds. The number of esters is 1. The third-order valence-electron chi connectivity index (χ3n) is 1.12. The quantitative estimate of drug-likeness (QED) is 0.612. The molecule has 0 radical (unpaired) electrons. The second-order valence-corrected chi connectivity index (χ2v) is 2.57. The van der Waals surface area contributed by atoms with Crippen molar-refractivity contribution in [2.24, 2.45) is 0 Å². The van der Waals surface area contributed by atoms with Crippen LogP contribution in [0.1, 0.15) is 16.4 Å². The monoisotopic (exact) mass is 279 g/mol. The molecule has 4 nitrogen and oxygen atoms in total. The van der Waals surface area contributed by atoms with E-state index in [1.54, 1.807) is 10.2 Å². The highest BCUT2D eigenvalue weighted by Crippen LogP contribution is 2.05. The minimum Gasteiger partial charge on any atom is -0.464 e. The van der Waals surface area contributed by atoms with E-state index in [-0.39, 0.29) is 5.69 Å². The number of oxazole rings is 1. The van der Waals surface area contributed by atoms with Crippen LogP contribution in [0.25, 0.3) is 6.08 Å². The van der Waals surface area contributed by atoms with Gasteiger partial charge in [-0.2, -0.15) is 0 Å². The van der Waals surface area contributed by atoms with Crippen molar-refractivity contribution < 1.29 is 13.9 Å². The third-order valence-corrected chi connectivity index (χ3v) is 1.48. The van der Waals surface area contributed by atoms with E-state index in [1.165, 1.54) is 13.4 Å². The van der Waals surface area contributed by atoms with E-state index in [1.807, 2.05) is 22.6 Å². The van der Waals surface area contributed by atoms with Gasteiger partial charge in [0, 0.05) is 6.08 Å². The average Bonchev–Trinajstić information content (AvgIpc) is 2.52. The van der Waals surface area contributed by atoms with Crippen LogP contribution in [0, 0.1) is 0 Å². The molecule has 0 saturated heterocycles. The maximum atomic E-state index is 10.9. The van der Waals surface area contributed by atoms with E-state index in [0.29, 0.717) is 5.89 Å². The molecule has 64 valence electrons. The summed E-state index contributed by atoms with van der Waals surface area (Å²) in [5.74, 6) is -0.100. The Morgan fingerprint density at radius 2 is 2.58 bits per heavy atom. The van der Waals surface area contributed by atoms with Crippen LogP contribution < -0.4 is 0 Å². The number of hydrogen-bond acceptors (Lipinski definition) is 4. The molecule has 0 unspecified atom stereocenters. The lowest BCUT2D eigenvalue weighted by atomic mass is 10.5. The average molecular weight is 279 g/mol. The van der Waals surface area contributed by atoms with Crippen molar-refractivity contribution in [3.05, 3.63) is 21.9 Å². The Labute approximate surface area is 82.8 Å². The minimum atomic E-state index is -0.494. The highest BCUT2D eigenvalue weighted by Gasteiger charge is 2.09. The Kier molecular flexibility index (Phi) is 3.27. The van der Waals surface area contributed by atoms with Crippen LogP contribution in [0.2, 0.25) is 0 Å². The number of methoxy groups -OCH3 is 1. The van der Waals surface area contributed by atoms with Crippen molar-refractivity contribution in [2.45, 2.75) is 0 Å². The summed E-state index contributed by atoms with van der Waals surface area (Å²) >= 11 is 2.03. The van der Waals surface area contributed by atoms with Gasteiger partial charge in [0.15, 0.2) is 5.69 Å². The van der Waals surface area contributed by atoms with Crippen LogP contribution in [0.4, 0.5) is 0 Å². The summed E-state index contributed by atoms with van der Waals surface area (Å²) in [4.78, 5) is 14.7. The predicted molar refractivity (Wildman–Crippen MR) is 50.9 cm³/mol. The first-order valence-electron chi connectivity index (χ1n) is 3.08. The molecule has 12 heavy (non-hydrogen) atoms. The van der Waals surface area contributed by atoms with Crippen molar-refractivity contribution in [1.82, 2.24) is 4.98 Å². The second kappa shape index (κ2) is 4.24. The lowest BCUT2D eigenvalue weighted by Crippen LogP contribution is -2.00. The van der Waals surface area contributed by atoms with Gasteiger partial charge in [-0.15, -0.1) is 0 Å². The number of halogens is 1. The third kappa shape index (κ3) is 2.07. The van der Waals surface area contributed by atoms with Crippen molar-refractivity contribution in [3.63, 3.8) is 0 Å². The molecule has 0 atom stereocenters. The number of ether oxygens (including phenoxy) is 1. The highest BCUT2D eigenvalue weighted by atomic mass is 127. The molecule has 0 bridgehead atoms. The van der Waals surface area contributed by atoms with Crippen molar-refractivity contribution in [1.29, 1.82) is 0 Å². The SMILES string of the molecule is COC(=O)c1coc(/C=C/I)n1. The first-order chi connectivity index (χ1) is 5.77. The summed E-state index contributed by atoms with van der Waals surface area (Å²) in [6.45, 7) is 0. The molecule has 0 aromatic carbocycles. The zero-order valence-corrected chi connectivity index (χ0v) is 8.44. The second-order valence-electron chi connectivity index (χ2n) is 1.86. The number of aromatic nitrogens is 1. The van der Waals surface area contributed by atoms with Crippen LogP contribution in [-0.2, 0) is 4.74 Å². The summed E-state index contributed by atoms with van der Waals surface area (Å²) in [5.41, 5.74) is 0.182. The standard InChI is InChI=1S/C7H6INO3/c1-11-7(10)5-4-12-6(9-5)2-3-8/h2-4H,1H3/b3-2+. The van der Waals surface area contributed by atoms with Gasteiger partial charge in [-0.3, -0.25) is 0 Å². The molecule has 0 N–H and O–H groups in total. The van der Waals surface area contributed by atoms with Crippen molar-refractivity contribution in [3.8, 4) is 0 Å². The Balaban J connectivity index is 2.84. The molecule has 0 aliphatic carbocycles. The van der Waals surface area contributed by atoms with Gasteiger partial charge in [0.1, 0.15) is 6.26 Å². The fourth-order valence-electron chi connectivity index (χ4n) is 0.616. The number of rotatable bonds is 2. The van der Waals surface area contributed by atoms with Crippen molar-refractivity contribution >= 4 is 34.6 Å². The molecule has 0 saturated carbocycles. The lowest BCUT2D eigenvalue weighted by molar-refractivity contribution is 0.0594. The largest absolute Gasteiger partial charge is 0.464 e. The zero-order valence-electron chi connectivity index (χ0n) is 6.28. The van der Waals surface area contributed by atoms with Crippen LogP contribution in [-0.4, -0.2) is 18.1 Å². The topological polar surface area (TPSA) is 52.3 Å². The van der Waals surface area contributed by atoms with E-state index in [2.05, 4.69) is 9.72 Å². The smallest absolute Gasteiger partial charge is 0.360 e. The number of carbonyl (C=O) groups excluding carboxylic acids is 1. The van der Waals surface area contributed by atoms with Crippen molar-refractivity contribution in [2.75, 3.05) is 7.11 Å². The molecule has 0 fully saturated rings. The van der Waals surface area contributed by atoms with Crippen LogP contribution in [0.15, 0.2) is 14.8 Å². The molecular weight excluding hydrogens is 273 g/mol. The number of nitrogens with zero attached hydrogens (tertiary/aromatic N) is 1. The van der Waals surface area contributed by atoms with Gasteiger partial charge < -0.3 is 9.15 Å². The Morgan fingerprint density at radius 3 is 3.17 bits per heavy atom. The Hall–Kier alpha value is -0.850. The molecule has 0 aliphatic rings. The fraction of sp³-hybridized carbons (Fsp3) is 0.143. The molecule has 0 aliphatic heterocycles. The van der Waals surface area contributed by atoms with Gasteiger partial charge in [0.05, 0.1) is 7.11 Å². The molecule has 1 aromatic heterocycles. The van der Waals surface area contributed by atoms with Gasteiger partial charge in [-0.1, -0.05) is 22.6 Å². The summed E-state index contributed by atoms with van der Waals surface area (Å²) in [6.07, 6.45) is 2.91. The van der Waals surface area contributed by atoms with E-state index >= 15 is 0 Å². The highest BCUT2D eigenvalue weighted by molar-refractivity contribution is 14.1. The van der Waals surface area contributed by atoms with Gasteiger partial charge in [-0.25, -0.2) is 9.78 Å². The van der Waals surface area contributed by atoms with E-state index in [0.717, 1.165) is 0 Å². The normalized spacial score (nSPS) is 10.5. The maximum absolute atomic E-state index is 10.9. The summed E-state index contributed by atoms with van der Waals surface area (Å²) < 4.78 is 11.1. The van der Waals surface area contributed by atoms with Gasteiger partial charge in [0.2, 0.25) is 5.89 Å². The summed E-state index contributed by atoms with van der Waals surface area (Å²) in [5, 5.41) is 0. The van der Waals surface area contributed by atoms with E-state index < -0.39 is 5.97 Å².